The van der Waals surface area contributed by atoms with Gasteiger partial charge < -0.3 is 5.32 Å². The molecule has 1 aliphatic carbocycles. The minimum absolute atomic E-state index is 0.272. The van der Waals surface area contributed by atoms with Crippen LogP contribution in [0.5, 0.6) is 0 Å². The summed E-state index contributed by atoms with van der Waals surface area (Å²) in [5, 5.41) is 3.68. The first kappa shape index (κ1) is 12.9. The SMILES string of the molecule is CC1(C2CC2)CN(C2CCS(=O)(=O)CC2)CCN1. The van der Waals surface area contributed by atoms with E-state index in [1.165, 1.54) is 12.8 Å². The number of sulfone groups is 1. The minimum atomic E-state index is -2.73. The van der Waals surface area contributed by atoms with Gasteiger partial charge in [0.1, 0.15) is 9.84 Å². The van der Waals surface area contributed by atoms with E-state index in [2.05, 4.69) is 17.1 Å². The predicted molar refractivity (Wildman–Crippen MR) is 72.4 cm³/mol. The van der Waals surface area contributed by atoms with E-state index in [4.69, 9.17) is 0 Å². The average Bonchev–Trinajstić information content (AvgIpc) is 3.13. The molecule has 2 aliphatic heterocycles. The normalized spacial score (nSPS) is 38.7. The van der Waals surface area contributed by atoms with Gasteiger partial charge in [-0.25, -0.2) is 8.42 Å². The molecule has 3 rings (SSSR count). The first-order valence-electron chi connectivity index (χ1n) is 7.18. The molecule has 3 fully saturated rings. The Morgan fingerprint density at radius 1 is 1.17 bits per heavy atom. The van der Waals surface area contributed by atoms with E-state index in [1.54, 1.807) is 0 Å². The monoisotopic (exact) mass is 272 g/mol. The molecule has 0 aromatic heterocycles. The number of nitrogens with one attached hydrogen (secondary N) is 1. The highest BCUT2D eigenvalue weighted by atomic mass is 32.2. The van der Waals surface area contributed by atoms with Gasteiger partial charge in [-0.2, -0.15) is 0 Å². The van der Waals surface area contributed by atoms with Crippen molar-refractivity contribution in [3.63, 3.8) is 0 Å². The Morgan fingerprint density at radius 2 is 1.83 bits per heavy atom. The molecule has 1 N–H and O–H groups in total. The molecule has 2 saturated heterocycles. The van der Waals surface area contributed by atoms with Crippen molar-refractivity contribution in [2.45, 2.75) is 44.2 Å². The van der Waals surface area contributed by atoms with Crippen molar-refractivity contribution >= 4 is 9.84 Å². The Kier molecular flexibility index (Phi) is 3.19. The second-order valence-electron chi connectivity index (χ2n) is 6.47. The van der Waals surface area contributed by atoms with Crippen LogP contribution < -0.4 is 5.32 Å². The van der Waals surface area contributed by atoms with E-state index in [-0.39, 0.29) is 5.54 Å². The summed E-state index contributed by atoms with van der Waals surface area (Å²) in [5.41, 5.74) is 0.272. The van der Waals surface area contributed by atoms with Crippen LogP contribution in [0.2, 0.25) is 0 Å². The van der Waals surface area contributed by atoms with Crippen molar-refractivity contribution in [2.24, 2.45) is 5.92 Å². The van der Waals surface area contributed by atoms with Crippen molar-refractivity contribution in [2.75, 3.05) is 31.1 Å². The highest BCUT2D eigenvalue weighted by molar-refractivity contribution is 7.91. The molecule has 3 aliphatic rings. The molecule has 5 heteroatoms. The van der Waals surface area contributed by atoms with E-state index in [0.717, 1.165) is 38.4 Å². The van der Waals surface area contributed by atoms with Gasteiger partial charge in [0.2, 0.25) is 0 Å². The van der Waals surface area contributed by atoms with Crippen molar-refractivity contribution in [1.82, 2.24) is 10.2 Å². The average molecular weight is 272 g/mol. The number of rotatable bonds is 2. The Balaban J connectivity index is 1.62. The Bertz CT molecular complexity index is 405. The first-order valence-corrected chi connectivity index (χ1v) is 9.00. The van der Waals surface area contributed by atoms with E-state index < -0.39 is 9.84 Å². The fraction of sp³-hybridized carbons (Fsp3) is 1.00. The molecule has 104 valence electrons. The lowest BCUT2D eigenvalue weighted by atomic mass is 9.91. The summed E-state index contributed by atoms with van der Waals surface area (Å²) in [6.07, 6.45) is 4.39. The molecular weight excluding hydrogens is 248 g/mol. The van der Waals surface area contributed by atoms with Gasteiger partial charge in [0, 0.05) is 31.2 Å². The Hall–Kier alpha value is -0.130. The van der Waals surface area contributed by atoms with Gasteiger partial charge in [-0.15, -0.1) is 0 Å². The molecular formula is C13H24N2O2S. The maximum atomic E-state index is 11.5. The number of nitrogens with zero attached hydrogens (tertiary/aromatic N) is 1. The lowest BCUT2D eigenvalue weighted by Gasteiger charge is -2.46. The second kappa shape index (κ2) is 4.46. The van der Waals surface area contributed by atoms with E-state index in [9.17, 15) is 8.42 Å². The number of hydrogen-bond donors (Lipinski definition) is 1. The molecule has 0 bridgehead atoms. The summed E-state index contributed by atoms with van der Waals surface area (Å²) in [5.74, 6) is 1.62. The Labute approximate surface area is 110 Å². The van der Waals surface area contributed by atoms with E-state index in [1.807, 2.05) is 0 Å². The van der Waals surface area contributed by atoms with Gasteiger partial charge >= 0.3 is 0 Å². The fourth-order valence-electron chi connectivity index (χ4n) is 3.59. The van der Waals surface area contributed by atoms with Crippen molar-refractivity contribution in [3.8, 4) is 0 Å². The topological polar surface area (TPSA) is 49.4 Å². The highest BCUT2D eigenvalue weighted by Gasteiger charge is 2.45. The molecule has 0 aromatic rings. The number of piperazine rings is 1. The van der Waals surface area contributed by atoms with Gasteiger partial charge in [-0.1, -0.05) is 0 Å². The van der Waals surface area contributed by atoms with Crippen molar-refractivity contribution < 1.29 is 8.42 Å². The summed E-state index contributed by atoms with van der Waals surface area (Å²) in [6, 6.07) is 0.494. The molecule has 0 amide bonds. The lowest BCUT2D eigenvalue weighted by molar-refractivity contribution is 0.0833. The highest BCUT2D eigenvalue weighted by Crippen LogP contribution is 2.41. The van der Waals surface area contributed by atoms with Crippen LogP contribution in [0.1, 0.15) is 32.6 Å². The third-order valence-electron chi connectivity index (χ3n) is 4.98. The van der Waals surface area contributed by atoms with Crippen LogP contribution in [0.15, 0.2) is 0 Å². The summed E-state index contributed by atoms with van der Waals surface area (Å²) in [6.45, 7) is 5.57. The third kappa shape index (κ3) is 2.58. The van der Waals surface area contributed by atoms with Crippen LogP contribution in [0.25, 0.3) is 0 Å². The fourth-order valence-corrected chi connectivity index (χ4v) is 5.06. The predicted octanol–water partition coefficient (Wildman–Crippen LogP) is 0.638. The summed E-state index contributed by atoms with van der Waals surface area (Å²) >= 11 is 0. The zero-order valence-electron chi connectivity index (χ0n) is 11.2. The van der Waals surface area contributed by atoms with E-state index >= 15 is 0 Å². The van der Waals surface area contributed by atoms with Crippen LogP contribution >= 0.6 is 0 Å². The van der Waals surface area contributed by atoms with Crippen molar-refractivity contribution in [1.29, 1.82) is 0 Å². The second-order valence-corrected chi connectivity index (χ2v) is 8.78. The molecule has 1 atom stereocenters. The number of hydrogen-bond acceptors (Lipinski definition) is 4. The molecule has 1 unspecified atom stereocenters. The van der Waals surface area contributed by atoms with Crippen LogP contribution in [-0.2, 0) is 9.84 Å². The molecule has 0 aromatic carbocycles. The lowest BCUT2D eigenvalue weighted by Crippen LogP contribution is -2.62. The first-order chi connectivity index (χ1) is 8.49. The quantitative estimate of drug-likeness (QED) is 0.801. The Morgan fingerprint density at radius 3 is 2.44 bits per heavy atom. The molecule has 0 radical (unpaired) electrons. The largest absolute Gasteiger partial charge is 0.309 e. The van der Waals surface area contributed by atoms with E-state index in [0.29, 0.717) is 17.5 Å². The van der Waals surface area contributed by atoms with Gasteiger partial charge in [-0.3, -0.25) is 4.90 Å². The zero-order chi connectivity index (χ0) is 12.8. The van der Waals surface area contributed by atoms with Crippen LogP contribution in [0.3, 0.4) is 0 Å². The maximum absolute atomic E-state index is 11.5. The zero-order valence-corrected chi connectivity index (χ0v) is 12.0. The third-order valence-corrected chi connectivity index (χ3v) is 6.69. The molecule has 2 heterocycles. The van der Waals surface area contributed by atoms with Gasteiger partial charge in [0.15, 0.2) is 0 Å². The van der Waals surface area contributed by atoms with Crippen molar-refractivity contribution in [3.05, 3.63) is 0 Å². The van der Waals surface area contributed by atoms with Crippen LogP contribution in [0, 0.1) is 5.92 Å². The van der Waals surface area contributed by atoms with Gasteiger partial charge in [0.25, 0.3) is 0 Å². The molecule has 0 spiro atoms. The summed E-state index contributed by atoms with van der Waals surface area (Å²) in [4.78, 5) is 2.55. The smallest absolute Gasteiger partial charge is 0.150 e. The minimum Gasteiger partial charge on any atom is -0.309 e. The standard InChI is InChI=1S/C13H24N2O2S/c1-13(11-2-3-11)10-15(7-6-14-13)12-4-8-18(16,17)9-5-12/h11-12,14H,2-10H2,1H3. The molecule has 1 saturated carbocycles. The van der Waals surface area contributed by atoms with Crippen LogP contribution in [-0.4, -0.2) is 56.0 Å². The molecule has 4 nitrogen and oxygen atoms in total. The molecule has 18 heavy (non-hydrogen) atoms. The summed E-state index contributed by atoms with van der Waals surface area (Å²) < 4.78 is 23.0. The maximum Gasteiger partial charge on any atom is 0.150 e. The van der Waals surface area contributed by atoms with Crippen LogP contribution in [0.4, 0.5) is 0 Å². The van der Waals surface area contributed by atoms with Gasteiger partial charge in [0.05, 0.1) is 11.5 Å². The van der Waals surface area contributed by atoms with Gasteiger partial charge in [-0.05, 0) is 38.5 Å². The summed E-state index contributed by atoms with van der Waals surface area (Å²) in [7, 11) is -2.73.